The number of hydrogen-bond donors (Lipinski definition) is 1. The van der Waals surface area contributed by atoms with E-state index in [0.29, 0.717) is 12.5 Å². The first kappa shape index (κ1) is 22.5. The average Bonchev–Trinajstić information content (AvgIpc) is 3.12. The number of anilines is 1. The molecule has 6 nitrogen and oxygen atoms in total. The maximum absolute atomic E-state index is 13.5. The number of benzene rings is 1. The lowest BCUT2D eigenvalue weighted by atomic mass is 10.1. The van der Waals surface area contributed by atoms with Crippen molar-refractivity contribution in [2.24, 2.45) is 5.92 Å². The monoisotopic (exact) mass is 433 g/mol. The molecule has 1 N–H and O–H groups in total. The molecule has 8 heteroatoms. The minimum Gasteiger partial charge on any atom is -0.363 e. The highest BCUT2D eigenvalue weighted by molar-refractivity contribution is 7.80. The standard InChI is InChI=1S/C22H32FN5OS/c1-5-24-22(30)28(14-16(2)3)15-19-20(17-6-8-18(23)9-7-17)25-29-21(19)27-12-10-26(4)11-13-27/h6-9,16H,5,10-15H2,1-4H3,(H,24,30). The van der Waals surface area contributed by atoms with Crippen LogP contribution in [0.3, 0.4) is 0 Å². The van der Waals surface area contributed by atoms with Crippen LogP contribution in [0.1, 0.15) is 26.3 Å². The normalized spacial score (nSPS) is 14.9. The predicted molar refractivity (Wildman–Crippen MR) is 123 cm³/mol. The van der Waals surface area contributed by atoms with Crippen LogP contribution in [-0.2, 0) is 6.54 Å². The number of nitrogens with one attached hydrogen (secondary N) is 1. The van der Waals surface area contributed by atoms with Gasteiger partial charge in [-0.1, -0.05) is 19.0 Å². The van der Waals surface area contributed by atoms with Crippen LogP contribution in [0.25, 0.3) is 11.3 Å². The molecule has 1 aromatic heterocycles. The molecule has 2 aromatic rings. The van der Waals surface area contributed by atoms with Crippen LogP contribution in [-0.4, -0.2) is 66.4 Å². The molecule has 1 fully saturated rings. The van der Waals surface area contributed by atoms with Gasteiger partial charge < -0.3 is 24.5 Å². The molecular formula is C22H32FN5OS. The highest BCUT2D eigenvalue weighted by Gasteiger charge is 2.27. The maximum atomic E-state index is 13.5. The molecule has 1 aromatic carbocycles. The Hall–Kier alpha value is -2.19. The molecule has 3 rings (SSSR count). The molecule has 1 saturated heterocycles. The van der Waals surface area contributed by atoms with Crippen LogP contribution in [0, 0.1) is 11.7 Å². The first-order chi connectivity index (χ1) is 14.4. The second-order valence-electron chi connectivity index (χ2n) is 8.22. The molecule has 2 heterocycles. The van der Waals surface area contributed by atoms with Crippen molar-refractivity contribution < 1.29 is 8.91 Å². The average molecular weight is 434 g/mol. The van der Waals surface area contributed by atoms with E-state index in [9.17, 15) is 4.39 Å². The molecule has 0 saturated carbocycles. The summed E-state index contributed by atoms with van der Waals surface area (Å²) in [5.41, 5.74) is 2.58. The topological polar surface area (TPSA) is 47.8 Å². The number of hydrogen-bond acceptors (Lipinski definition) is 5. The quantitative estimate of drug-likeness (QED) is 0.670. The SMILES string of the molecule is CCNC(=S)N(Cc1c(-c2ccc(F)cc2)noc1N1CCN(C)CC1)CC(C)C. The molecule has 30 heavy (non-hydrogen) atoms. The van der Waals surface area contributed by atoms with Crippen molar-refractivity contribution in [3.05, 3.63) is 35.6 Å². The van der Waals surface area contributed by atoms with Crippen LogP contribution in [0.4, 0.5) is 10.3 Å². The molecule has 0 bridgehead atoms. The minimum absolute atomic E-state index is 0.266. The van der Waals surface area contributed by atoms with Gasteiger partial charge in [-0.15, -0.1) is 0 Å². The van der Waals surface area contributed by atoms with E-state index in [4.69, 9.17) is 16.7 Å². The fourth-order valence-electron chi connectivity index (χ4n) is 3.65. The van der Waals surface area contributed by atoms with Gasteiger partial charge in [-0.25, -0.2) is 4.39 Å². The van der Waals surface area contributed by atoms with E-state index < -0.39 is 0 Å². The Labute approximate surface area is 184 Å². The Morgan fingerprint density at radius 2 is 1.90 bits per heavy atom. The number of aromatic nitrogens is 1. The number of thiocarbonyl (C=S) groups is 1. The Morgan fingerprint density at radius 3 is 2.50 bits per heavy atom. The van der Waals surface area contributed by atoms with Gasteiger partial charge in [-0.3, -0.25) is 0 Å². The van der Waals surface area contributed by atoms with Crippen molar-refractivity contribution in [1.29, 1.82) is 0 Å². The second kappa shape index (κ2) is 10.2. The summed E-state index contributed by atoms with van der Waals surface area (Å²) in [6, 6.07) is 6.41. The summed E-state index contributed by atoms with van der Waals surface area (Å²) in [4.78, 5) is 6.72. The molecule has 164 valence electrons. The smallest absolute Gasteiger partial charge is 0.232 e. The van der Waals surface area contributed by atoms with Gasteiger partial charge in [0.2, 0.25) is 5.88 Å². The van der Waals surface area contributed by atoms with Gasteiger partial charge >= 0.3 is 0 Å². The predicted octanol–water partition coefficient (Wildman–Crippen LogP) is 3.58. The molecule has 0 unspecified atom stereocenters. The van der Waals surface area contributed by atoms with Gasteiger partial charge in [-0.05, 0) is 56.4 Å². The summed E-state index contributed by atoms with van der Waals surface area (Å²) in [5.74, 6) is 0.969. The van der Waals surface area contributed by atoms with Crippen molar-refractivity contribution in [2.75, 3.05) is 51.2 Å². The number of rotatable bonds is 7. The third-order valence-electron chi connectivity index (χ3n) is 5.23. The van der Waals surface area contributed by atoms with Gasteiger partial charge in [0.1, 0.15) is 11.5 Å². The van der Waals surface area contributed by atoms with Crippen LogP contribution >= 0.6 is 12.2 Å². The Morgan fingerprint density at radius 1 is 1.23 bits per heavy atom. The summed E-state index contributed by atoms with van der Waals surface area (Å²) in [5, 5.41) is 8.40. The summed E-state index contributed by atoms with van der Waals surface area (Å²) in [6.45, 7) is 12.3. The van der Waals surface area contributed by atoms with Crippen molar-refractivity contribution >= 4 is 23.2 Å². The van der Waals surface area contributed by atoms with Crippen LogP contribution in [0.2, 0.25) is 0 Å². The van der Waals surface area contributed by atoms with Crippen LogP contribution in [0.5, 0.6) is 0 Å². The van der Waals surface area contributed by atoms with E-state index in [0.717, 1.165) is 67.1 Å². The summed E-state index contributed by atoms with van der Waals surface area (Å²) in [7, 11) is 2.13. The van der Waals surface area contributed by atoms with Crippen molar-refractivity contribution in [3.8, 4) is 11.3 Å². The fourth-order valence-corrected chi connectivity index (χ4v) is 3.93. The van der Waals surface area contributed by atoms with E-state index in [1.807, 2.05) is 6.92 Å². The Balaban J connectivity index is 1.98. The minimum atomic E-state index is -0.266. The number of nitrogens with zero attached hydrogens (tertiary/aromatic N) is 4. The molecule has 1 aliphatic heterocycles. The van der Waals surface area contributed by atoms with E-state index in [2.05, 4.69) is 46.1 Å². The first-order valence-electron chi connectivity index (χ1n) is 10.6. The molecule has 0 amide bonds. The van der Waals surface area contributed by atoms with E-state index in [1.54, 1.807) is 12.1 Å². The second-order valence-corrected chi connectivity index (χ2v) is 8.61. The van der Waals surface area contributed by atoms with Crippen molar-refractivity contribution in [2.45, 2.75) is 27.3 Å². The third kappa shape index (κ3) is 5.49. The van der Waals surface area contributed by atoms with E-state index in [-0.39, 0.29) is 5.82 Å². The first-order valence-corrected chi connectivity index (χ1v) is 11.0. The molecule has 0 spiro atoms. The van der Waals surface area contributed by atoms with Crippen LogP contribution < -0.4 is 10.2 Å². The van der Waals surface area contributed by atoms with Crippen LogP contribution in [0.15, 0.2) is 28.8 Å². The van der Waals surface area contributed by atoms with Gasteiger partial charge in [0, 0.05) is 44.8 Å². The van der Waals surface area contributed by atoms with Gasteiger partial charge in [0.25, 0.3) is 0 Å². The summed E-state index contributed by atoms with van der Waals surface area (Å²) in [6.07, 6.45) is 0. The van der Waals surface area contributed by atoms with E-state index >= 15 is 0 Å². The van der Waals surface area contributed by atoms with Gasteiger partial charge in [0.15, 0.2) is 5.11 Å². The van der Waals surface area contributed by atoms with E-state index in [1.165, 1.54) is 12.1 Å². The number of piperazine rings is 1. The molecule has 0 aliphatic carbocycles. The lowest BCUT2D eigenvalue weighted by molar-refractivity contribution is 0.298. The largest absolute Gasteiger partial charge is 0.363 e. The Kier molecular flexibility index (Phi) is 7.66. The molecule has 0 radical (unpaired) electrons. The summed E-state index contributed by atoms with van der Waals surface area (Å²) >= 11 is 5.65. The van der Waals surface area contributed by atoms with Gasteiger partial charge in [0.05, 0.1) is 12.1 Å². The number of halogens is 1. The van der Waals surface area contributed by atoms with Crippen molar-refractivity contribution in [1.82, 2.24) is 20.3 Å². The van der Waals surface area contributed by atoms with Crippen molar-refractivity contribution in [3.63, 3.8) is 0 Å². The Bertz CT molecular complexity index is 831. The molecular weight excluding hydrogens is 401 g/mol. The zero-order chi connectivity index (χ0) is 21.7. The highest BCUT2D eigenvalue weighted by Crippen LogP contribution is 2.33. The van der Waals surface area contributed by atoms with Gasteiger partial charge in [-0.2, -0.15) is 0 Å². The lowest BCUT2D eigenvalue weighted by Crippen LogP contribution is -2.45. The highest BCUT2D eigenvalue weighted by atomic mass is 32.1. The fraction of sp³-hybridized carbons (Fsp3) is 0.545. The zero-order valence-electron chi connectivity index (χ0n) is 18.3. The summed E-state index contributed by atoms with van der Waals surface area (Å²) < 4.78 is 19.4. The lowest BCUT2D eigenvalue weighted by Gasteiger charge is -2.33. The molecule has 1 aliphatic rings. The maximum Gasteiger partial charge on any atom is 0.232 e. The zero-order valence-corrected chi connectivity index (χ0v) is 19.1. The third-order valence-corrected chi connectivity index (χ3v) is 5.63. The molecule has 0 atom stereocenters. The number of likely N-dealkylation sites (N-methyl/N-ethyl adjacent to an activating group) is 1.